The van der Waals surface area contributed by atoms with Gasteiger partial charge in [0.25, 0.3) is 0 Å². The molecule has 0 amide bonds. The second-order valence-corrected chi connectivity index (χ2v) is 5.48. The van der Waals surface area contributed by atoms with Gasteiger partial charge in [0.1, 0.15) is 5.56 Å². The number of rotatable bonds is 3. The Hall–Kier alpha value is -2.60. The van der Waals surface area contributed by atoms with Gasteiger partial charge in [-0.2, -0.15) is 0 Å². The van der Waals surface area contributed by atoms with E-state index in [2.05, 4.69) is 9.97 Å². The Bertz CT molecular complexity index is 889. The highest BCUT2D eigenvalue weighted by molar-refractivity contribution is 6.28. The van der Waals surface area contributed by atoms with E-state index < -0.39 is 5.97 Å². The van der Waals surface area contributed by atoms with Gasteiger partial charge in [-0.3, -0.25) is 4.68 Å². The van der Waals surface area contributed by atoms with E-state index >= 15 is 0 Å². The average molecular weight is 347 g/mol. The number of carbonyl (C=O) groups is 1. The van der Waals surface area contributed by atoms with Crippen LogP contribution in [0.25, 0.3) is 22.2 Å². The number of para-hydroxylation sites is 1. The minimum atomic E-state index is -0.502. The van der Waals surface area contributed by atoms with Gasteiger partial charge in [-0.15, -0.1) is 0 Å². The van der Waals surface area contributed by atoms with Crippen molar-refractivity contribution in [3.8, 4) is 11.3 Å². The molecular formula is C17H19ClN4O2. The number of halogens is 1. The van der Waals surface area contributed by atoms with Crippen LogP contribution >= 0.6 is 11.6 Å². The largest absolute Gasteiger partial charge is 0.465 e. The maximum Gasteiger partial charge on any atom is 0.341 e. The van der Waals surface area contributed by atoms with E-state index in [1.165, 1.54) is 13.3 Å². The van der Waals surface area contributed by atoms with Crippen LogP contribution in [0.4, 0.5) is 0 Å². The number of carbonyl (C=O) groups excluding carboxylic acids is 1. The lowest BCUT2D eigenvalue weighted by Crippen LogP contribution is -2.23. The third-order valence-electron chi connectivity index (χ3n) is 3.54. The molecule has 0 aliphatic heterocycles. The molecule has 24 heavy (non-hydrogen) atoms. The second-order valence-electron chi connectivity index (χ2n) is 5.14. The van der Waals surface area contributed by atoms with Gasteiger partial charge in [-0.1, -0.05) is 25.6 Å². The molecule has 0 aliphatic rings. The van der Waals surface area contributed by atoms with Gasteiger partial charge in [-0.05, 0) is 17.7 Å². The molecule has 0 N–H and O–H groups in total. The summed E-state index contributed by atoms with van der Waals surface area (Å²) in [5, 5.41) is 2.97. The zero-order valence-corrected chi connectivity index (χ0v) is 13.7. The summed E-state index contributed by atoms with van der Waals surface area (Å²) >= 11 is 5.94. The van der Waals surface area contributed by atoms with Crippen LogP contribution in [0.1, 0.15) is 17.8 Å². The van der Waals surface area contributed by atoms with Crippen molar-refractivity contribution in [2.45, 2.75) is 7.43 Å². The fourth-order valence-corrected chi connectivity index (χ4v) is 2.64. The molecule has 0 spiro atoms. The Balaban J connectivity index is 0.00000208. The molecule has 0 fully saturated rings. The second kappa shape index (κ2) is 6.88. The first-order valence-corrected chi connectivity index (χ1v) is 7.29. The minimum absolute atomic E-state index is 0. The van der Waals surface area contributed by atoms with E-state index in [-0.39, 0.29) is 18.3 Å². The fraction of sp³-hybridized carbons (Fsp3) is 0.235. The Labute approximate surface area is 145 Å². The van der Waals surface area contributed by atoms with E-state index in [4.69, 9.17) is 16.3 Å². The molecule has 126 valence electrons. The molecule has 2 heterocycles. The van der Waals surface area contributed by atoms with E-state index in [0.717, 1.165) is 16.5 Å². The predicted octanol–water partition coefficient (Wildman–Crippen LogP) is 3.37. The highest BCUT2D eigenvalue weighted by Gasteiger charge is 2.20. The molecule has 0 aliphatic carbocycles. The SMILES string of the molecule is C.COC(=O)c1cnc(Cl)nc1-c1cn(N(C)C)c2ccccc12. The van der Waals surface area contributed by atoms with Crippen molar-refractivity contribution >= 4 is 28.5 Å². The molecule has 0 bridgehead atoms. The third kappa shape index (κ3) is 2.92. The van der Waals surface area contributed by atoms with Crippen molar-refractivity contribution < 1.29 is 9.53 Å². The van der Waals surface area contributed by atoms with Gasteiger partial charge in [0.15, 0.2) is 0 Å². The lowest BCUT2D eigenvalue weighted by Gasteiger charge is -2.15. The van der Waals surface area contributed by atoms with Crippen LogP contribution in [0.2, 0.25) is 5.28 Å². The van der Waals surface area contributed by atoms with Crippen molar-refractivity contribution in [1.29, 1.82) is 0 Å². The molecule has 0 saturated heterocycles. The van der Waals surface area contributed by atoms with Crippen LogP contribution in [0, 0.1) is 0 Å². The van der Waals surface area contributed by atoms with Crippen molar-refractivity contribution in [3.05, 3.63) is 47.5 Å². The topological polar surface area (TPSA) is 60.2 Å². The maximum atomic E-state index is 12.0. The quantitative estimate of drug-likeness (QED) is 0.537. The summed E-state index contributed by atoms with van der Waals surface area (Å²) in [6, 6.07) is 7.87. The Kier molecular flexibility index (Phi) is 5.09. The molecule has 0 atom stereocenters. The van der Waals surface area contributed by atoms with Crippen LogP contribution in [0.15, 0.2) is 36.7 Å². The summed E-state index contributed by atoms with van der Waals surface area (Å²) < 4.78 is 6.80. The number of fused-ring (bicyclic) bond motifs is 1. The summed E-state index contributed by atoms with van der Waals surface area (Å²) in [4.78, 5) is 20.2. The number of benzene rings is 1. The zero-order chi connectivity index (χ0) is 16.6. The zero-order valence-electron chi connectivity index (χ0n) is 12.9. The molecule has 0 unspecified atom stereocenters. The molecule has 0 radical (unpaired) electrons. The maximum absolute atomic E-state index is 12.0. The Morgan fingerprint density at radius 3 is 2.67 bits per heavy atom. The average Bonchev–Trinajstić information content (AvgIpc) is 2.94. The van der Waals surface area contributed by atoms with Crippen LogP contribution in [0.5, 0.6) is 0 Å². The van der Waals surface area contributed by atoms with Crippen molar-refractivity contribution in [3.63, 3.8) is 0 Å². The molecule has 2 aromatic heterocycles. The van der Waals surface area contributed by atoms with Gasteiger partial charge < -0.3 is 9.75 Å². The molecule has 0 saturated carbocycles. The van der Waals surface area contributed by atoms with Crippen molar-refractivity contribution in [2.24, 2.45) is 0 Å². The molecule has 1 aromatic carbocycles. The normalized spacial score (nSPS) is 10.3. The molecule has 3 aromatic rings. The lowest BCUT2D eigenvalue weighted by atomic mass is 10.1. The molecule has 7 heteroatoms. The lowest BCUT2D eigenvalue weighted by molar-refractivity contribution is 0.0600. The number of methoxy groups -OCH3 is 1. The number of nitrogens with zero attached hydrogens (tertiary/aromatic N) is 4. The summed E-state index contributed by atoms with van der Waals surface area (Å²) in [6.45, 7) is 0. The minimum Gasteiger partial charge on any atom is -0.465 e. The van der Waals surface area contributed by atoms with E-state index in [9.17, 15) is 4.79 Å². The summed E-state index contributed by atoms with van der Waals surface area (Å²) in [6.07, 6.45) is 3.30. The number of ether oxygens (including phenoxy) is 1. The van der Waals surface area contributed by atoms with Gasteiger partial charge in [0, 0.05) is 37.4 Å². The van der Waals surface area contributed by atoms with Crippen LogP contribution in [0.3, 0.4) is 0 Å². The van der Waals surface area contributed by atoms with E-state index in [1.807, 2.05) is 54.2 Å². The molecule has 3 rings (SSSR count). The summed E-state index contributed by atoms with van der Waals surface area (Å²) in [7, 11) is 5.19. The van der Waals surface area contributed by atoms with Crippen molar-refractivity contribution in [2.75, 3.05) is 26.2 Å². The highest BCUT2D eigenvalue weighted by atomic mass is 35.5. The molecule has 6 nitrogen and oxygen atoms in total. The number of esters is 1. The van der Waals surface area contributed by atoms with Crippen molar-refractivity contribution in [1.82, 2.24) is 14.6 Å². The summed E-state index contributed by atoms with van der Waals surface area (Å²) in [5.41, 5.74) is 2.52. The first kappa shape index (κ1) is 17.7. The number of aromatic nitrogens is 3. The standard InChI is InChI=1S/C16H15ClN4O2.CH4/c1-20(2)21-9-12(10-6-4-5-7-13(10)21)14-11(15(22)23-3)8-18-16(17)19-14;/h4-9H,1-3H3;1H4. The van der Waals surface area contributed by atoms with Crippen LogP contribution in [-0.2, 0) is 4.74 Å². The Morgan fingerprint density at radius 2 is 2.00 bits per heavy atom. The van der Waals surface area contributed by atoms with Gasteiger partial charge in [-0.25, -0.2) is 14.8 Å². The van der Waals surface area contributed by atoms with Gasteiger partial charge in [0.05, 0.1) is 18.3 Å². The van der Waals surface area contributed by atoms with Gasteiger partial charge >= 0.3 is 5.97 Å². The number of hydrogen-bond acceptors (Lipinski definition) is 5. The van der Waals surface area contributed by atoms with Crippen LogP contribution in [-0.4, -0.2) is 41.8 Å². The first-order valence-electron chi connectivity index (χ1n) is 6.92. The van der Waals surface area contributed by atoms with E-state index in [0.29, 0.717) is 5.69 Å². The fourth-order valence-electron chi connectivity index (χ4n) is 2.51. The Morgan fingerprint density at radius 1 is 1.29 bits per heavy atom. The first-order chi connectivity index (χ1) is 11.0. The predicted molar refractivity (Wildman–Crippen MR) is 96.1 cm³/mol. The van der Waals surface area contributed by atoms with Crippen LogP contribution < -0.4 is 5.01 Å². The monoisotopic (exact) mass is 346 g/mol. The third-order valence-corrected chi connectivity index (χ3v) is 3.73. The number of hydrogen-bond donors (Lipinski definition) is 0. The summed E-state index contributed by atoms with van der Waals surface area (Å²) in [5.74, 6) is -0.502. The van der Waals surface area contributed by atoms with E-state index in [1.54, 1.807) is 0 Å². The smallest absolute Gasteiger partial charge is 0.341 e. The highest BCUT2D eigenvalue weighted by Crippen LogP contribution is 2.32. The van der Waals surface area contributed by atoms with Gasteiger partial charge in [0.2, 0.25) is 5.28 Å². The molecular weight excluding hydrogens is 328 g/mol.